The van der Waals surface area contributed by atoms with Crippen LogP contribution in [-0.2, 0) is 12.8 Å². The third-order valence-corrected chi connectivity index (χ3v) is 5.67. The lowest BCUT2D eigenvalue weighted by Crippen LogP contribution is -2.23. The average Bonchev–Trinajstić information content (AvgIpc) is 2.72. The molecular weight excluding hydrogens is 356 g/mol. The van der Waals surface area contributed by atoms with E-state index in [9.17, 15) is 9.59 Å². The minimum atomic E-state index is -0.100. The Morgan fingerprint density at radius 2 is 1.21 bits per heavy atom. The smallest absolute Gasteiger partial charge is 0.189 e. The van der Waals surface area contributed by atoms with Crippen LogP contribution in [-0.4, -0.2) is 11.6 Å². The first-order chi connectivity index (χ1) is 13.8. The van der Waals surface area contributed by atoms with Crippen molar-refractivity contribution in [3.8, 4) is 0 Å². The predicted molar refractivity (Wildman–Crippen MR) is 122 cm³/mol. The summed E-state index contributed by atoms with van der Waals surface area (Å²) in [5.41, 5.74) is 5.62. The summed E-state index contributed by atoms with van der Waals surface area (Å²) in [6.45, 7) is 12.3. The molecule has 0 aromatic heterocycles. The number of Topliss-reactive ketones (excluding diaryl/α,β-unsaturated/α-hetero) is 2. The Morgan fingerprint density at radius 1 is 0.759 bits per heavy atom. The lowest BCUT2D eigenvalue weighted by molar-refractivity contribution is 0.0945. The van der Waals surface area contributed by atoms with E-state index in [1.165, 1.54) is 11.1 Å². The van der Waals surface area contributed by atoms with Gasteiger partial charge in [0.1, 0.15) is 0 Å². The zero-order valence-corrected chi connectivity index (χ0v) is 18.7. The van der Waals surface area contributed by atoms with Crippen molar-refractivity contribution in [1.82, 2.24) is 0 Å². The number of allylic oxidation sites excluding steroid dienone is 2. The number of hydrogen-bond donors (Lipinski definition) is 0. The van der Waals surface area contributed by atoms with Crippen LogP contribution in [0.2, 0.25) is 0 Å². The van der Waals surface area contributed by atoms with Gasteiger partial charge in [0.2, 0.25) is 0 Å². The maximum atomic E-state index is 13.4. The second kappa shape index (κ2) is 10.3. The summed E-state index contributed by atoms with van der Waals surface area (Å²) in [6, 6.07) is 15.7. The molecule has 0 radical (unpaired) electrons. The zero-order chi connectivity index (χ0) is 21.6. The van der Waals surface area contributed by atoms with E-state index in [1.807, 2.05) is 62.4 Å². The third kappa shape index (κ3) is 5.76. The van der Waals surface area contributed by atoms with Crippen molar-refractivity contribution in [2.75, 3.05) is 0 Å². The van der Waals surface area contributed by atoms with Crippen LogP contribution >= 0.6 is 0 Å². The number of benzene rings is 2. The molecule has 0 aliphatic rings. The molecule has 2 heteroatoms. The molecule has 2 nitrogen and oxygen atoms in total. The number of carbonyl (C=O) groups is 2. The van der Waals surface area contributed by atoms with Gasteiger partial charge in [-0.2, -0.15) is 0 Å². The highest BCUT2D eigenvalue weighted by atomic mass is 16.1. The molecule has 29 heavy (non-hydrogen) atoms. The van der Waals surface area contributed by atoms with E-state index in [0.29, 0.717) is 12.0 Å². The molecule has 0 bridgehead atoms. The van der Waals surface area contributed by atoms with Gasteiger partial charge in [-0.25, -0.2) is 0 Å². The van der Waals surface area contributed by atoms with E-state index < -0.39 is 0 Å². The monoisotopic (exact) mass is 390 g/mol. The molecule has 0 aliphatic heterocycles. The number of ketones is 2. The summed E-state index contributed by atoms with van der Waals surface area (Å²) in [6.07, 6.45) is 2.25. The fraction of sp³-hybridized carbons (Fsp3) is 0.407. The van der Waals surface area contributed by atoms with E-state index in [0.717, 1.165) is 29.6 Å². The van der Waals surface area contributed by atoms with Crippen LogP contribution < -0.4 is 0 Å². The topological polar surface area (TPSA) is 34.1 Å². The Bertz CT molecular complexity index is 864. The minimum Gasteiger partial charge on any atom is -0.294 e. The van der Waals surface area contributed by atoms with Crippen molar-refractivity contribution in [2.24, 2.45) is 11.8 Å². The van der Waals surface area contributed by atoms with Gasteiger partial charge in [0.25, 0.3) is 0 Å². The van der Waals surface area contributed by atoms with Crippen LogP contribution in [0.25, 0.3) is 0 Å². The molecule has 2 aromatic rings. The van der Waals surface area contributed by atoms with Gasteiger partial charge in [-0.3, -0.25) is 9.59 Å². The number of hydrogen-bond acceptors (Lipinski definition) is 2. The van der Waals surface area contributed by atoms with E-state index in [4.69, 9.17) is 0 Å². The maximum absolute atomic E-state index is 13.4. The molecular formula is C27H34O2. The van der Waals surface area contributed by atoms with Crippen LogP contribution in [0.4, 0.5) is 0 Å². The van der Waals surface area contributed by atoms with Crippen molar-refractivity contribution in [3.63, 3.8) is 0 Å². The Labute approximate surface area is 176 Å². The van der Waals surface area contributed by atoms with Crippen LogP contribution in [0.5, 0.6) is 0 Å². The second-order valence-electron chi connectivity index (χ2n) is 8.32. The van der Waals surface area contributed by atoms with Gasteiger partial charge in [0.15, 0.2) is 11.6 Å². The molecule has 0 spiro atoms. The Balaban J connectivity index is 2.32. The standard InChI is InChI=1S/C27H34O2/c1-7-20-9-13-22(14-10-20)25(28)17-24(18(3)4)26(19(5)6)27(29)23-15-11-21(8-2)12-16-23/h9-16,18,24H,7-8,17H2,1-6H3. The quantitative estimate of drug-likeness (QED) is 0.345. The molecule has 0 fully saturated rings. The van der Waals surface area contributed by atoms with Gasteiger partial charge in [0, 0.05) is 23.1 Å². The largest absolute Gasteiger partial charge is 0.294 e. The second-order valence-corrected chi connectivity index (χ2v) is 8.32. The first-order valence-corrected chi connectivity index (χ1v) is 10.7. The highest BCUT2D eigenvalue weighted by Crippen LogP contribution is 2.31. The number of carbonyl (C=O) groups excluding carboxylic acids is 2. The van der Waals surface area contributed by atoms with Crippen molar-refractivity contribution >= 4 is 11.6 Å². The fourth-order valence-electron chi connectivity index (χ4n) is 3.73. The van der Waals surface area contributed by atoms with Crippen molar-refractivity contribution in [2.45, 2.75) is 60.8 Å². The fourth-order valence-corrected chi connectivity index (χ4v) is 3.73. The molecule has 0 saturated carbocycles. The predicted octanol–water partition coefficient (Wildman–Crippen LogP) is 6.88. The summed E-state index contributed by atoms with van der Waals surface area (Å²) in [5, 5.41) is 0. The Hall–Kier alpha value is -2.48. The van der Waals surface area contributed by atoms with Gasteiger partial charge in [0.05, 0.1) is 0 Å². The van der Waals surface area contributed by atoms with Crippen LogP contribution in [0, 0.1) is 11.8 Å². The number of rotatable bonds is 9. The van der Waals surface area contributed by atoms with Gasteiger partial charge in [-0.15, -0.1) is 0 Å². The minimum absolute atomic E-state index is 0.0421. The molecule has 0 N–H and O–H groups in total. The van der Waals surface area contributed by atoms with Crippen molar-refractivity contribution in [3.05, 3.63) is 81.9 Å². The highest BCUT2D eigenvalue weighted by molar-refractivity contribution is 6.10. The molecule has 2 aromatic carbocycles. The molecule has 0 amide bonds. The molecule has 0 aliphatic carbocycles. The van der Waals surface area contributed by atoms with Crippen LogP contribution in [0.1, 0.15) is 79.8 Å². The Kier molecular flexibility index (Phi) is 8.13. The summed E-state index contributed by atoms with van der Waals surface area (Å²) >= 11 is 0. The molecule has 0 saturated heterocycles. The van der Waals surface area contributed by atoms with E-state index >= 15 is 0 Å². The Morgan fingerprint density at radius 3 is 1.59 bits per heavy atom. The maximum Gasteiger partial charge on any atom is 0.189 e. The molecule has 1 unspecified atom stereocenters. The lowest BCUT2D eigenvalue weighted by Gasteiger charge is -2.24. The van der Waals surface area contributed by atoms with Crippen LogP contribution in [0.15, 0.2) is 59.7 Å². The SMILES string of the molecule is CCc1ccc(C(=O)CC(C(C(=O)c2ccc(CC)cc2)=C(C)C)C(C)C)cc1. The summed E-state index contributed by atoms with van der Waals surface area (Å²) in [4.78, 5) is 26.4. The summed E-state index contributed by atoms with van der Waals surface area (Å²) in [7, 11) is 0. The van der Waals surface area contributed by atoms with Gasteiger partial charge in [-0.1, -0.05) is 81.8 Å². The van der Waals surface area contributed by atoms with Gasteiger partial charge >= 0.3 is 0 Å². The molecule has 0 heterocycles. The molecule has 154 valence electrons. The summed E-state index contributed by atoms with van der Waals surface area (Å²) < 4.78 is 0. The summed E-state index contributed by atoms with van der Waals surface area (Å²) in [5.74, 6) is 0.231. The third-order valence-electron chi connectivity index (χ3n) is 5.67. The first kappa shape index (κ1) is 22.8. The van der Waals surface area contributed by atoms with Crippen LogP contribution in [0.3, 0.4) is 0 Å². The van der Waals surface area contributed by atoms with E-state index in [1.54, 1.807) is 0 Å². The average molecular weight is 391 g/mol. The highest BCUT2D eigenvalue weighted by Gasteiger charge is 2.28. The lowest BCUT2D eigenvalue weighted by atomic mass is 9.78. The van der Waals surface area contributed by atoms with E-state index in [-0.39, 0.29) is 23.4 Å². The van der Waals surface area contributed by atoms with Crippen molar-refractivity contribution in [1.29, 1.82) is 0 Å². The van der Waals surface area contributed by atoms with Crippen molar-refractivity contribution < 1.29 is 9.59 Å². The van der Waals surface area contributed by atoms with Gasteiger partial charge in [-0.05, 0) is 49.7 Å². The zero-order valence-electron chi connectivity index (χ0n) is 18.7. The molecule has 1 atom stereocenters. The number of aryl methyl sites for hydroxylation is 2. The first-order valence-electron chi connectivity index (χ1n) is 10.7. The van der Waals surface area contributed by atoms with E-state index in [2.05, 4.69) is 27.7 Å². The van der Waals surface area contributed by atoms with Gasteiger partial charge < -0.3 is 0 Å². The molecule has 2 rings (SSSR count). The normalized spacial score (nSPS) is 12.0.